The summed E-state index contributed by atoms with van der Waals surface area (Å²) in [5, 5.41) is 4.13. The first kappa shape index (κ1) is 12.3. The van der Waals surface area contributed by atoms with Crippen LogP contribution in [0.15, 0.2) is 12.7 Å². The lowest BCUT2D eigenvalue weighted by atomic mass is 10.8. The maximum absolute atomic E-state index is 4.35. The summed E-state index contributed by atoms with van der Waals surface area (Å²) in [6, 6.07) is 0. The van der Waals surface area contributed by atoms with Gasteiger partial charge in [0, 0.05) is 0 Å². The van der Waals surface area contributed by atoms with E-state index in [4.69, 9.17) is 0 Å². The lowest BCUT2D eigenvalue weighted by molar-refractivity contribution is -0.509. The first-order chi connectivity index (χ1) is 4.83. The Morgan fingerprint density at radius 3 is 1.70 bits per heavy atom. The van der Waals surface area contributed by atoms with E-state index in [1.165, 1.54) is 0 Å². The molecule has 0 aliphatic carbocycles. The molecule has 0 aromatic carbocycles. The molecule has 0 N–H and O–H groups in total. The third-order valence-electron chi connectivity index (χ3n) is 0.332. The van der Waals surface area contributed by atoms with Gasteiger partial charge in [-0.2, -0.15) is 0 Å². The molecule has 0 saturated heterocycles. The van der Waals surface area contributed by atoms with Crippen molar-refractivity contribution in [3.8, 4) is 0 Å². The highest BCUT2D eigenvalue weighted by atomic mass is 17.5. The summed E-state index contributed by atoms with van der Waals surface area (Å²) < 4.78 is 0. The molecule has 0 bridgehead atoms. The summed E-state index contributed by atoms with van der Waals surface area (Å²) in [7, 11) is 0. The van der Waals surface area contributed by atoms with Crippen molar-refractivity contribution in [1.82, 2.24) is 0 Å². The number of hydrogen-bond donors (Lipinski definition) is 0. The molecule has 10 heavy (non-hydrogen) atoms. The Hall–Kier alpha value is -0.380. The minimum absolute atomic E-state index is 0.514. The fraction of sp³-hybridized carbons (Fsp3) is 0.714. The van der Waals surface area contributed by atoms with Gasteiger partial charge in [0.2, 0.25) is 0 Å². The first-order valence-corrected chi connectivity index (χ1v) is 3.31. The van der Waals surface area contributed by atoms with Crippen molar-refractivity contribution in [3.63, 3.8) is 0 Å². The largest absolute Gasteiger partial charge is 0.206 e. The SMILES string of the molecule is C=CC.CCOOOCC. The van der Waals surface area contributed by atoms with Gasteiger partial charge in [-0.25, -0.2) is 9.78 Å². The standard InChI is InChI=1S/C4H10O3.C3H6/c1-3-5-7-6-4-2;1-3-2/h3-4H2,1-2H3;3H,1H2,2H3. The maximum Gasteiger partial charge on any atom is 0.0825 e. The van der Waals surface area contributed by atoms with Crippen LogP contribution in [-0.4, -0.2) is 13.2 Å². The minimum atomic E-state index is 0.514. The summed E-state index contributed by atoms with van der Waals surface area (Å²) >= 11 is 0. The second kappa shape index (κ2) is 15.8. The normalized spacial score (nSPS) is 7.90. The Kier molecular flexibility index (Phi) is 19.5. The van der Waals surface area contributed by atoms with Crippen LogP contribution in [0.3, 0.4) is 0 Å². The zero-order valence-corrected chi connectivity index (χ0v) is 6.92. The molecule has 0 aromatic heterocycles. The van der Waals surface area contributed by atoms with Crippen molar-refractivity contribution in [2.45, 2.75) is 20.8 Å². The number of rotatable bonds is 4. The third-order valence-corrected chi connectivity index (χ3v) is 0.332. The molecule has 3 nitrogen and oxygen atoms in total. The Balaban J connectivity index is 0. The van der Waals surface area contributed by atoms with Crippen molar-refractivity contribution in [3.05, 3.63) is 12.7 Å². The van der Waals surface area contributed by atoms with Gasteiger partial charge in [-0.3, -0.25) is 0 Å². The van der Waals surface area contributed by atoms with Crippen LogP contribution in [0.2, 0.25) is 0 Å². The van der Waals surface area contributed by atoms with Gasteiger partial charge in [0.15, 0.2) is 0 Å². The number of hydrogen-bond acceptors (Lipinski definition) is 3. The van der Waals surface area contributed by atoms with Crippen molar-refractivity contribution in [2.75, 3.05) is 13.2 Å². The van der Waals surface area contributed by atoms with Gasteiger partial charge in [0.1, 0.15) is 0 Å². The molecule has 0 heterocycles. The first-order valence-electron chi connectivity index (χ1n) is 3.31. The fourth-order valence-electron chi connectivity index (χ4n) is 0.130. The quantitative estimate of drug-likeness (QED) is 0.264. The van der Waals surface area contributed by atoms with E-state index >= 15 is 0 Å². The van der Waals surface area contributed by atoms with Crippen LogP contribution < -0.4 is 0 Å². The summed E-state index contributed by atoms with van der Waals surface area (Å²) in [6.45, 7) is 9.91. The van der Waals surface area contributed by atoms with Crippen LogP contribution in [0.25, 0.3) is 0 Å². The molecule has 0 saturated carbocycles. The lowest BCUT2D eigenvalue weighted by Crippen LogP contribution is -1.94. The molecular formula is C7H16O3. The molecule has 0 spiro atoms. The van der Waals surface area contributed by atoms with Crippen molar-refractivity contribution in [1.29, 1.82) is 0 Å². The molecule has 0 fully saturated rings. The zero-order valence-electron chi connectivity index (χ0n) is 6.92. The Bertz CT molecular complexity index is 50.8. The fourth-order valence-corrected chi connectivity index (χ4v) is 0.130. The van der Waals surface area contributed by atoms with E-state index in [1.807, 2.05) is 20.8 Å². The van der Waals surface area contributed by atoms with Gasteiger partial charge in [-0.1, -0.05) is 11.1 Å². The van der Waals surface area contributed by atoms with Gasteiger partial charge in [0.05, 0.1) is 13.2 Å². The van der Waals surface area contributed by atoms with E-state index in [-0.39, 0.29) is 0 Å². The van der Waals surface area contributed by atoms with Crippen molar-refractivity contribution < 1.29 is 14.8 Å². The molecule has 3 heteroatoms. The van der Waals surface area contributed by atoms with Gasteiger partial charge in [0.25, 0.3) is 0 Å². The van der Waals surface area contributed by atoms with Gasteiger partial charge in [-0.15, -0.1) is 6.58 Å². The van der Waals surface area contributed by atoms with Crippen LogP contribution in [0.4, 0.5) is 0 Å². The van der Waals surface area contributed by atoms with Crippen LogP contribution in [0.5, 0.6) is 0 Å². The van der Waals surface area contributed by atoms with E-state index in [0.717, 1.165) is 0 Å². The summed E-state index contributed by atoms with van der Waals surface area (Å²) in [5.74, 6) is 0. The van der Waals surface area contributed by atoms with E-state index in [0.29, 0.717) is 13.2 Å². The second-order valence-corrected chi connectivity index (χ2v) is 1.29. The summed E-state index contributed by atoms with van der Waals surface area (Å²) in [4.78, 5) is 8.70. The van der Waals surface area contributed by atoms with E-state index in [2.05, 4.69) is 21.4 Å². The predicted octanol–water partition coefficient (Wildman–Crippen LogP) is 2.10. The average Bonchev–Trinajstić information content (AvgIpc) is 1.91. The Labute approximate surface area is 62.4 Å². The highest BCUT2D eigenvalue weighted by Crippen LogP contribution is 1.77. The van der Waals surface area contributed by atoms with Crippen LogP contribution >= 0.6 is 0 Å². The monoisotopic (exact) mass is 148 g/mol. The lowest BCUT2D eigenvalue weighted by Gasteiger charge is -1.94. The molecular weight excluding hydrogens is 132 g/mol. The highest BCUT2D eigenvalue weighted by molar-refractivity contribution is 4.51. The average molecular weight is 148 g/mol. The summed E-state index contributed by atoms with van der Waals surface area (Å²) in [5.41, 5.74) is 0. The van der Waals surface area contributed by atoms with Gasteiger partial charge in [-0.05, 0) is 20.8 Å². The number of allylic oxidation sites excluding steroid dienone is 1. The van der Waals surface area contributed by atoms with Crippen LogP contribution in [0, 0.1) is 0 Å². The molecule has 62 valence electrons. The highest BCUT2D eigenvalue weighted by Gasteiger charge is 1.77. The topological polar surface area (TPSA) is 27.7 Å². The van der Waals surface area contributed by atoms with E-state index in [9.17, 15) is 0 Å². The molecule has 0 radical (unpaired) electrons. The van der Waals surface area contributed by atoms with Gasteiger partial charge >= 0.3 is 0 Å². The van der Waals surface area contributed by atoms with Crippen LogP contribution in [-0.2, 0) is 14.8 Å². The van der Waals surface area contributed by atoms with E-state index in [1.54, 1.807) is 6.08 Å². The Morgan fingerprint density at radius 1 is 1.20 bits per heavy atom. The van der Waals surface area contributed by atoms with Gasteiger partial charge < -0.3 is 0 Å². The molecule has 0 rings (SSSR count). The molecule has 0 amide bonds. The maximum atomic E-state index is 4.35. The Morgan fingerprint density at radius 2 is 1.50 bits per heavy atom. The summed E-state index contributed by atoms with van der Waals surface area (Å²) in [6.07, 6.45) is 1.75. The predicted molar refractivity (Wildman–Crippen MR) is 40.2 cm³/mol. The van der Waals surface area contributed by atoms with Crippen molar-refractivity contribution in [2.24, 2.45) is 0 Å². The van der Waals surface area contributed by atoms with Crippen molar-refractivity contribution >= 4 is 0 Å². The molecule has 0 aromatic rings. The molecule has 0 aliphatic rings. The molecule has 0 atom stereocenters. The molecule has 0 aliphatic heterocycles. The zero-order chi connectivity index (χ0) is 8.24. The second-order valence-electron chi connectivity index (χ2n) is 1.29. The van der Waals surface area contributed by atoms with E-state index < -0.39 is 0 Å². The molecule has 0 unspecified atom stereocenters. The smallest absolute Gasteiger partial charge is 0.0825 e. The third kappa shape index (κ3) is 25.5. The minimum Gasteiger partial charge on any atom is -0.206 e. The van der Waals surface area contributed by atoms with Crippen LogP contribution in [0.1, 0.15) is 20.8 Å².